The Kier molecular flexibility index (Phi) is 4.73. The van der Waals surface area contributed by atoms with Crippen LogP contribution in [-0.4, -0.2) is 40.3 Å². The standard InChI is InChI=1S/C20H24N2O4/c1-20(2,3)26-19(25)15-11-22(17(15)21)16(18(23)24)14-9-8-12-6-4-5-7-13(12)10-14/h4-10,15-17H,11,21H2,1-3H3,(H,23,24)/t15-,16+,17+/m1/s1. The Labute approximate surface area is 152 Å². The highest BCUT2D eigenvalue weighted by Crippen LogP contribution is 2.34. The summed E-state index contributed by atoms with van der Waals surface area (Å²) in [6.07, 6.45) is -0.683. The number of nitrogens with two attached hydrogens (primary N) is 1. The Morgan fingerprint density at radius 1 is 1.19 bits per heavy atom. The zero-order valence-corrected chi connectivity index (χ0v) is 15.2. The van der Waals surface area contributed by atoms with Gasteiger partial charge in [0.05, 0.1) is 12.1 Å². The van der Waals surface area contributed by atoms with Crippen LogP contribution in [0.2, 0.25) is 0 Å². The Balaban J connectivity index is 1.81. The van der Waals surface area contributed by atoms with Gasteiger partial charge in [-0.05, 0) is 43.2 Å². The minimum absolute atomic E-state index is 0.264. The van der Waals surface area contributed by atoms with E-state index in [0.717, 1.165) is 10.8 Å². The molecule has 138 valence electrons. The first-order valence-electron chi connectivity index (χ1n) is 8.63. The lowest BCUT2D eigenvalue weighted by Gasteiger charge is -2.47. The van der Waals surface area contributed by atoms with E-state index in [4.69, 9.17) is 10.5 Å². The van der Waals surface area contributed by atoms with Crippen molar-refractivity contribution in [3.63, 3.8) is 0 Å². The van der Waals surface area contributed by atoms with E-state index < -0.39 is 29.7 Å². The quantitative estimate of drug-likeness (QED) is 0.818. The maximum absolute atomic E-state index is 12.2. The molecule has 1 saturated heterocycles. The molecule has 0 aromatic heterocycles. The molecule has 3 atom stereocenters. The molecule has 6 nitrogen and oxygen atoms in total. The molecule has 3 rings (SSSR count). The van der Waals surface area contributed by atoms with Crippen LogP contribution in [0.25, 0.3) is 10.8 Å². The molecule has 2 aromatic carbocycles. The minimum atomic E-state index is -0.988. The summed E-state index contributed by atoms with van der Waals surface area (Å²) in [5.74, 6) is -1.89. The molecule has 1 aliphatic rings. The van der Waals surface area contributed by atoms with Gasteiger partial charge in [-0.2, -0.15) is 0 Å². The SMILES string of the molecule is CC(C)(C)OC(=O)[C@@H]1CN([C@H](C(=O)O)c2ccc3ccccc3c2)[C@@H]1N. The number of benzene rings is 2. The number of carbonyl (C=O) groups excluding carboxylic acids is 1. The van der Waals surface area contributed by atoms with E-state index in [-0.39, 0.29) is 12.5 Å². The Morgan fingerprint density at radius 2 is 1.85 bits per heavy atom. The summed E-state index contributed by atoms with van der Waals surface area (Å²) in [4.78, 5) is 25.8. The molecule has 6 heteroatoms. The number of hydrogen-bond acceptors (Lipinski definition) is 5. The van der Waals surface area contributed by atoms with Gasteiger partial charge in [-0.25, -0.2) is 0 Å². The zero-order chi connectivity index (χ0) is 19.1. The summed E-state index contributed by atoms with van der Waals surface area (Å²) in [5, 5.41) is 11.8. The van der Waals surface area contributed by atoms with Gasteiger partial charge in [0.25, 0.3) is 0 Å². The molecule has 0 spiro atoms. The molecule has 0 bridgehead atoms. The number of nitrogens with zero attached hydrogens (tertiary/aromatic N) is 1. The number of carbonyl (C=O) groups is 2. The van der Waals surface area contributed by atoms with Gasteiger partial charge in [-0.3, -0.25) is 14.5 Å². The van der Waals surface area contributed by atoms with Crippen LogP contribution in [0.15, 0.2) is 42.5 Å². The molecule has 0 amide bonds. The van der Waals surface area contributed by atoms with Crippen molar-refractivity contribution in [1.29, 1.82) is 0 Å². The van der Waals surface area contributed by atoms with Crippen molar-refractivity contribution in [3.05, 3.63) is 48.0 Å². The van der Waals surface area contributed by atoms with Gasteiger partial charge < -0.3 is 15.6 Å². The van der Waals surface area contributed by atoms with Crippen molar-refractivity contribution in [2.45, 2.75) is 38.6 Å². The van der Waals surface area contributed by atoms with Crippen LogP contribution >= 0.6 is 0 Å². The molecule has 1 heterocycles. The molecule has 0 radical (unpaired) electrons. The van der Waals surface area contributed by atoms with E-state index in [2.05, 4.69) is 0 Å². The lowest BCUT2D eigenvalue weighted by Crippen LogP contribution is -2.66. The lowest BCUT2D eigenvalue weighted by atomic mass is 9.90. The topological polar surface area (TPSA) is 92.9 Å². The first-order valence-corrected chi connectivity index (χ1v) is 8.63. The van der Waals surface area contributed by atoms with Crippen molar-refractivity contribution >= 4 is 22.7 Å². The molecule has 0 aliphatic carbocycles. The van der Waals surface area contributed by atoms with E-state index in [1.54, 1.807) is 31.7 Å². The summed E-state index contributed by atoms with van der Waals surface area (Å²) in [7, 11) is 0. The molecule has 0 saturated carbocycles. The number of ether oxygens (including phenoxy) is 1. The van der Waals surface area contributed by atoms with Crippen LogP contribution in [0.5, 0.6) is 0 Å². The van der Waals surface area contributed by atoms with Gasteiger partial charge in [0.1, 0.15) is 11.6 Å². The fourth-order valence-electron chi connectivity index (χ4n) is 3.27. The number of hydrogen-bond donors (Lipinski definition) is 2. The van der Waals surface area contributed by atoms with Crippen LogP contribution < -0.4 is 5.73 Å². The molecule has 1 fully saturated rings. The van der Waals surface area contributed by atoms with Gasteiger partial charge in [0, 0.05) is 6.54 Å². The van der Waals surface area contributed by atoms with Crippen LogP contribution in [0.4, 0.5) is 0 Å². The highest BCUT2D eigenvalue weighted by atomic mass is 16.6. The summed E-state index contributed by atoms with van der Waals surface area (Å²) < 4.78 is 5.37. The smallest absolute Gasteiger partial charge is 0.325 e. The summed E-state index contributed by atoms with van der Waals surface area (Å²) >= 11 is 0. The van der Waals surface area contributed by atoms with Gasteiger partial charge in [-0.15, -0.1) is 0 Å². The van der Waals surface area contributed by atoms with Crippen molar-refractivity contribution in [2.75, 3.05) is 6.54 Å². The number of fused-ring (bicyclic) bond motifs is 1. The Bertz CT molecular complexity index is 843. The van der Waals surface area contributed by atoms with Gasteiger partial charge in [0.2, 0.25) is 0 Å². The third kappa shape index (κ3) is 3.57. The molecule has 26 heavy (non-hydrogen) atoms. The first kappa shape index (κ1) is 18.4. The van der Waals surface area contributed by atoms with E-state index in [9.17, 15) is 14.7 Å². The van der Waals surface area contributed by atoms with E-state index in [1.807, 2.05) is 36.4 Å². The van der Waals surface area contributed by atoms with E-state index in [0.29, 0.717) is 5.56 Å². The fourth-order valence-corrected chi connectivity index (χ4v) is 3.27. The van der Waals surface area contributed by atoms with Crippen molar-refractivity contribution < 1.29 is 19.4 Å². The summed E-state index contributed by atoms with van der Waals surface area (Å²) in [5.41, 5.74) is 6.19. The second-order valence-electron chi connectivity index (χ2n) is 7.67. The number of carboxylic acid groups (broad SMARTS) is 1. The normalized spacial score (nSPS) is 21.8. The second-order valence-corrected chi connectivity index (χ2v) is 7.67. The van der Waals surface area contributed by atoms with Crippen LogP contribution in [0.3, 0.4) is 0 Å². The van der Waals surface area contributed by atoms with E-state index in [1.165, 1.54) is 0 Å². The second kappa shape index (κ2) is 6.70. The monoisotopic (exact) mass is 356 g/mol. The van der Waals surface area contributed by atoms with Crippen LogP contribution in [0, 0.1) is 5.92 Å². The predicted molar refractivity (Wildman–Crippen MR) is 98.3 cm³/mol. The Hall–Kier alpha value is -2.44. The van der Waals surface area contributed by atoms with Gasteiger partial charge in [-0.1, -0.05) is 36.4 Å². The molecule has 1 aliphatic heterocycles. The highest BCUT2D eigenvalue weighted by molar-refractivity contribution is 5.85. The van der Waals surface area contributed by atoms with Crippen molar-refractivity contribution in [1.82, 2.24) is 4.90 Å². The molecule has 3 N–H and O–H groups in total. The number of esters is 1. The summed E-state index contributed by atoms with van der Waals surface area (Å²) in [6.45, 7) is 5.64. The summed E-state index contributed by atoms with van der Waals surface area (Å²) in [6, 6.07) is 12.4. The first-order chi connectivity index (χ1) is 12.2. The average molecular weight is 356 g/mol. The highest BCUT2D eigenvalue weighted by Gasteiger charge is 2.48. The maximum atomic E-state index is 12.2. The molecular formula is C20H24N2O4. The molecule has 2 aromatic rings. The third-order valence-corrected chi connectivity index (χ3v) is 4.57. The largest absolute Gasteiger partial charge is 0.480 e. The number of carboxylic acids is 1. The van der Waals surface area contributed by atoms with E-state index >= 15 is 0 Å². The third-order valence-electron chi connectivity index (χ3n) is 4.57. The Morgan fingerprint density at radius 3 is 2.42 bits per heavy atom. The number of rotatable bonds is 4. The number of aliphatic carboxylic acids is 1. The van der Waals surface area contributed by atoms with Crippen molar-refractivity contribution in [3.8, 4) is 0 Å². The van der Waals surface area contributed by atoms with Crippen LogP contribution in [-0.2, 0) is 14.3 Å². The van der Waals surface area contributed by atoms with Crippen molar-refractivity contribution in [2.24, 2.45) is 11.7 Å². The predicted octanol–water partition coefficient (Wildman–Crippen LogP) is 2.52. The fraction of sp³-hybridized carbons (Fsp3) is 0.400. The zero-order valence-electron chi connectivity index (χ0n) is 15.2. The average Bonchev–Trinajstić information content (AvgIpc) is 2.55. The molecular weight excluding hydrogens is 332 g/mol. The number of likely N-dealkylation sites (tertiary alicyclic amines) is 1. The van der Waals surface area contributed by atoms with Crippen LogP contribution in [0.1, 0.15) is 32.4 Å². The molecule has 0 unspecified atom stereocenters. The maximum Gasteiger partial charge on any atom is 0.325 e. The minimum Gasteiger partial charge on any atom is -0.480 e. The van der Waals surface area contributed by atoms with Gasteiger partial charge in [0.15, 0.2) is 0 Å². The lowest BCUT2D eigenvalue weighted by molar-refractivity contribution is -0.176. The van der Waals surface area contributed by atoms with Gasteiger partial charge >= 0.3 is 11.9 Å².